The first kappa shape index (κ1) is 15.8. The van der Waals surface area contributed by atoms with Gasteiger partial charge in [-0.25, -0.2) is 4.39 Å². The predicted octanol–water partition coefficient (Wildman–Crippen LogP) is 4.11. The third kappa shape index (κ3) is 3.36. The van der Waals surface area contributed by atoms with Gasteiger partial charge in [0.1, 0.15) is 5.82 Å². The number of hydrogen-bond acceptors (Lipinski definition) is 1. The lowest BCUT2D eigenvalue weighted by Gasteiger charge is -2.36. The molecule has 0 aromatic heterocycles. The normalized spacial score (nSPS) is 23.2. The van der Waals surface area contributed by atoms with Crippen molar-refractivity contribution in [3.63, 3.8) is 0 Å². The van der Waals surface area contributed by atoms with E-state index in [1.54, 1.807) is 4.90 Å². The number of benzene rings is 1. The van der Waals surface area contributed by atoms with Crippen molar-refractivity contribution in [1.82, 2.24) is 4.90 Å². The summed E-state index contributed by atoms with van der Waals surface area (Å²) in [6.45, 7) is 4.47. The molecule has 2 rings (SSSR count). The zero-order valence-electron chi connectivity index (χ0n) is 11.9. The fourth-order valence-electron chi connectivity index (χ4n) is 2.75. The van der Waals surface area contributed by atoms with Gasteiger partial charge < -0.3 is 4.90 Å². The van der Waals surface area contributed by atoms with Gasteiger partial charge in [-0.1, -0.05) is 6.92 Å². The third-order valence-electron chi connectivity index (χ3n) is 3.92. The third-order valence-corrected chi connectivity index (χ3v) is 3.92. The summed E-state index contributed by atoms with van der Waals surface area (Å²) in [5.74, 6) is -1.35. The first-order chi connectivity index (χ1) is 9.70. The number of rotatable bonds is 1. The molecule has 2 nitrogen and oxygen atoms in total. The largest absolute Gasteiger partial charge is 0.419 e. The van der Waals surface area contributed by atoms with E-state index >= 15 is 0 Å². The smallest absolute Gasteiger partial charge is 0.336 e. The Morgan fingerprint density at radius 1 is 1.29 bits per heavy atom. The van der Waals surface area contributed by atoms with Crippen molar-refractivity contribution in [3.8, 4) is 0 Å². The highest BCUT2D eigenvalue weighted by Crippen LogP contribution is 2.32. The molecule has 2 atom stereocenters. The van der Waals surface area contributed by atoms with Crippen LogP contribution in [-0.2, 0) is 6.18 Å². The van der Waals surface area contributed by atoms with Crippen molar-refractivity contribution in [3.05, 3.63) is 35.1 Å². The van der Waals surface area contributed by atoms with E-state index in [2.05, 4.69) is 6.92 Å². The monoisotopic (exact) mass is 303 g/mol. The lowest BCUT2D eigenvalue weighted by Crippen LogP contribution is -2.44. The Morgan fingerprint density at radius 3 is 2.52 bits per heavy atom. The Hall–Kier alpha value is -1.59. The summed E-state index contributed by atoms with van der Waals surface area (Å²) in [6, 6.07) is 2.38. The minimum Gasteiger partial charge on any atom is -0.336 e. The van der Waals surface area contributed by atoms with E-state index in [0.29, 0.717) is 24.6 Å². The van der Waals surface area contributed by atoms with Gasteiger partial charge in [0.15, 0.2) is 0 Å². The van der Waals surface area contributed by atoms with Crippen LogP contribution in [0.2, 0.25) is 0 Å². The molecule has 0 aliphatic carbocycles. The van der Waals surface area contributed by atoms with Crippen LogP contribution >= 0.6 is 0 Å². The van der Waals surface area contributed by atoms with Crippen LogP contribution in [0.3, 0.4) is 0 Å². The summed E-state index contributed by atoms with van der Waals surface area (Å²) in [7, 11) is 0. The summed E-state index contributed by atoms with van der Waals surface area (Å²) in [5.41, 5.74) is -1.52. The summed E-state index contributed by atoms with van der Waals surface area (Å²) in [6.07, 6.45) is -3.16. The molecule has 2 unspecified atom stereocenters. The summed E-state index contributed by atoms with van der Waals surface area (Å²) in [4.78, 5) is 13.9. The zero-order chi connectivity index (χ0) is 15.8. The van der Waals surface area contributed by atoms with E-state index in [0.717, 1.165) is 18.9 Å². The van der Waals surface area contributed by atoms with Crippen molar-refractivity contribution in [2.75, 3.05) is 6.54 Å². The molecule has 1 aliphatic rings. The molecule has 0 bridgehead atoms. The van der Waals surface area contributed by atoms with Gasteiger partial charge in [-0.3, -0.25) is 4.79 Å². The predicted molar refractivity (Wildman–Crippen MR) is 70.3 cm³/mol. The number of carbonyl (C=O) groups excluding carboxylic acids is 1. The number of nitrogens with zero attached hydrogens (tertiary/aromatic N) is 1. The van der Waals surface area contributed by atoms with Crippen molar-refractivity contribution in [2.45, 2.75) is 38.9 Å². The quantitative estimate of drug-likeness (QED) is 0.715. The maximum Gasteiger partial charge on any atom is 0.419 e. The molecule has 1 aromatic rings. The molecule has 0 saturated carbocycles. The molecule has 6 heteroatoms. The molecule has 1 aliphatic heterocycles. The maximum atomic E-state index is 13.3. The van der Waals surface area contributed by atoms with Crippen LogP contribution in [0.1, 0.15) is 42.6 Å². The Morgan fingerprint density at radius 2 is 1.95 bits per heavy atom. The van der Waals surface area contributed by atoms with Crippen LogP contribution in [0.15, 0.2) is 18.2 Å². The number of carbonyl (C=O) groups is 1. The SMILES string of the molecule is CC1CCN(C(=O)c2ccc(F)c(C(F)(F)F)c2)C(C)C1. The van der Waals surface area contributed by atoms with Crippen molar-refractivity contribution in [1.29, 1.82) is 0 Å². The molecule has 116 valence electrons. The van der Waals surface area contributed by atoms with E-state index in [4.69, 9.17) is 0 Å². The Kier molecular flexibility index (Phi) is 4.25. The van der Waals surface area contributed by atoms with Gasteiger partial charge in [-0.05, 0) is 43.9 Å². The molecular formula is C15H17F4NO. The second kappa shape index (κ2) is 5.66. The average Bonchev–Trinajstić information content (AvgIpc) is 2.37. The fraction of sp³-hybridized carbons (Fsp3) is 0.533. The number of likely N-dealkylation sites (tertiary alicyclic amines) is 1. The van der Waals surface area contributed by atoms with Gasteiger partial charge in [-0.15, -0.1) is 0 Å². The van der Waals surface area contributed by atoms with Crippen LogP contribution < -0.4 is 0 Å². The number of amides is 1. The highest BCUT2D eigenvalue weighted by molar-refractivity contribution is 5.94. The van der Waals surface area contributed by atoms with Gasteiger partial charge in [0, 0.05) is 18.2 Å². The second-order valence-corrected chi connectivity index (χ2v) is 5.67. The minimum atomic E-state index is -4.80. The van der Waals surface area contributed by atoms with Crippen LogP contribution in [0.4, 0.5) is 17.6 Å². The van der Waals surface area contributed by atoms with E-state index in [-0.39, 0.29) is 11.6 Å². The Bertz CT molecular complexity index is 541. The van der Waals surface area contributed by atoms with E-state index < -0.39 is 23.5 Å². The van der Waals surface area contributed by atoms with Crippen LogP contribution in [-0.4, -0.2) is 23.4 Å². The number of halogens is 4. The van der Waals surface area contributed by atoms with Crippen molar-refractivity contribution in [2.24, 2.45) is 5.92 Å². The van der Waals surface area contributed by atoms with Gasteiger partial charge in [0.25, 0.3) is 5.91 Å². The first-order valence-corrected chi connectivity index (χ1v) is 6.88. The van der Waals surface area contributed by atoms with Crippen LogP contribution in [0, 0.1) is 11.7 Å². The minimum absolute atomic E-state index is 0.0272. The molecule has 21 heavy (non-hydrogen) atoms. The maximum absolute atomic E-state index is 13.3. The summed E-state index contributed by atoms with van der Waals surface area (Å²) in [5, 5.41) is 0. The number of hydrogen-bond donors (Lipinski definition) is 0. The first-order valence-electron chi connectivity index (χ1n) is 6.88. The van der Waals surface area contributed by atoms with Crippen LogP contribution in [0.25, 0.3) is 0 Å². The van der Waals surface area contributed by atoms with Gasteiger partial charge >= 0.3 is 6.18 Å². The molecule has 1 saturated heterocycles. The van der Waals surface area contributed by atoms with Gasteiger partial charge in [0.2, 0.25) is 0 Å². The van der Waals surface area contributed by atoms with Crippen LogP contribution in [0.5, 0.6) is 0 Å². The van der Waals surface area contributed by atoms with E-state index in [1.165, 1.54) is 0 Å². The molecule has 1 fully saturated rings. The molecule has 1 amide bonds. The summed E-state index contributed by atoms with van der Waals surface area (Å²) < 4.78 is 51.3. The van der Waals surface area contributed by atoms with Crippen molar-refractivity contribution < 1.29 is 22.4 Å². The fourth-order valence-corrected chi connectivity index (χ4v) is 2.75. The summed E-state index contributed by atoms with van der Waals surface area (Å²) >= 11 is 0. The lowest BCUT2D eigenvalue weighted by atomic mass is 9.92. The van der Waals surface area contributed by atoms with Gasteiger partial charge in [-0.2, -0.15) is 13.2 Å². The Balaban J connectivity index is 2.28. The molecular weight excluding hydrogens is 286 g/mol. The highest BCUT2D eigenvalue weighted by Gasteiger charge is 2.35. The number of piperidine rings is 1. The molecule has 0 radical (unpaired) electrons. The zero-order valence-corrected chi connectivity index (χ0v) is 11.9. The van der Waals surface area contributed by atoms with E-state index in [1.807, 2.05) is 6.92 Å². The highest BCUT2D eigenvalue weighted by atomic mass is 19.4. The van der Waals surface area contributed by atoms with Gasteiger partial charge in [0.05, 0.1) is 5.56 Å². The molecule has 1 aromatic carbocycles. The topological polar surface area (TPSA) is 20.3 Å². The lowest BCUT2D eigenvalue weighted by molar-refractivity contribution is -0.140. The molecule has 0 N–H and O–H groups in total. The van der Waals surface area contributed by atoms with E-state index in [9.17, 15) is 22.4 Å². The van der Waals surface area contributed by atoms with Crippen molar-refractivity contribution >= 4 is 5.91 Å². The molecule has 0 spiro atoms. The average molecular weight is 303 g/mol. The molecule has 1 heterocycles. The second-order valence-electron chi connectivity index (χ2n) is 5.67. The standard InChI is InChI=1S/C15H17F4NO/c1-9-5-6-20(10(2)7-9)14(21)11-3-4-13(16)12(8-11)15(17,18)19/h3-4,8-10H,5-7H2,1-2H3. The Labute approximate surface area is 120 Å². The number of alkyl halides is 3.